The highest BCUT2D eigenvalue weighted by Crippen LogP contribution is 2.32. The molecule has 3 atom stereocenters. The number of halogens is 1. The SMILES string of the molecule is Cc1cc(F)cc(NC(C(=O)O)C2CCCC(C)C2)c1. The molecule has 0 spiro atoms. The van der Waals surface area contributed by atoms with E-state index in [1.807, 2.05) is 0 Å². The zero-order valence-electron chi connectivity index (χ0n) is 12.0. The lowest BCUT2D eigenvalue weighted by molar-refractivity contribution is -0.139. The van der Waals surface area contributed by atoms with Gasteiger partial charge in [0.1, 0.15) is 11.9 Å². The number of carboxylic acid groups (broad SMARTS) is 1. The topological polar surface area (TPSA) is 49.3 Å². The highest BCUT2D eigenvalue weighted by Gasteiger charge is 2.31. The number of hydrogen-bond acceptors (Lipinski definition) is 2. The van der Waals surface area contributed by atoms with E-state index < -0.39 is 12.0 Å². The van der Waals surface area contributed by atoms with Crippen molar-refractivity contribution in [2.75, 3.05) is 5.32 Å². The Hall–Kier alpha value is -1.58. The van der Waals surface area contributed by atoms with Crippen molar-refractivity contribution in [2.45, 2.75) is 45.6 Å². The van der Waals surface area contributed by atoms with Crippen LogP contribution in [0.3, 0.4) is 0 Å². The number of carboxylic acids is 1. The molecule has 0 aromatic heterocycles. The zero-order chi connectivity index (χ0) is 14.7. The zero-order valence-corrected chi connectivity index (χ0v) is 12.0. The second kappa shape index (κ2) is 6.25. The Labute approximate surface area is 119 Å². The highest BCUT2D eigenvalue weighted by atomic mass is 19.1. The van der Waals surface area contributed by atoms with Gasteiger partial charge >= 0.3 is 5.97 Å². The maximum atomic E-state index is 13.4. The van der Waals surface area contributed by atoms with Gasteiger partial charge in [-0.15, -0.1) is 0 Å². The number of carbonyl (C=O) groups is 1. The van der Waals surface area contributed by atoms with Crippen LogP contribution in [0, 0.1) is 24.6 Å². The normalized spacial score (nSPS) is 24.1. The lowest BCUT2D eigenvalue weighted by Gasteiger charge is -2.32. The second-order valence-electron chi connectivity index (χ2n) is 6.01. The summed E-state index contributed by atoms with van der Waals surface area (Å²) >= 11 is 0. The molecule has 2 rings (SSSR count). The fourth-order valence-corrected chi connectivity index (χ4v) is 3.16. The number of aliphatic carboxylic acids is 1. The van der Waals surface area contributed by atoms with Crippen LogP contribution >= 0.6 is 0 Å². The molecule has 1 aliphatic carbocycles. The molecule has 3 unspecified atom stereocenters. The van der Waals surface area contributed by atoms with E-state index in [-0.39, 0.29) is 11.7 Å². The van der Waals surface area contributed by atoms with Crippen LogP contribution in [-0.4, -0.2) is 17.1 Å². The maximum absolute atomic E-state index is 13.4. The molecule has 0 bridgehead atoms. The van der Waals surface area contributed by atoms with Crippen molar-refractivity contribution in [1.82, 2.24) is 0 Å². The molecule has 110 valence electrons. The third kappa shape index (κ3) is 3.71. The van der Waals surface area contributed by atoms with Gasteiger partial charge in [0.2, 0.25) is 0 Å². The molecule has 3 nitrogen and oxygen atoms in total. The predicted octanol–water partition coefficient (Wildman–Crippen LogP) is 3.83. The highest BCUT2D eigenvalue weighted by molar-refractivity contribution is 5.77. The van der Waals surface area contributed by atoms with Gasteiger partial charge in [0, 0.05) is 5.69 Å². The van der Waals surface area contributed by atoms with Crippen LogP contribution in [0.4, 0.5) is 10.1 Å². The molecule has 0 radical (unpaired) electrons. The monoisotopic (exact) mass is 279 g/mol. The number of benzene rings is 1. The van der Waals surface area contributed by atoms with Crippen molar-refractivity contribution in [2.24, 2.45) is 11.8 Å². The molecule has 0 aliphatic heterocycles. The summed E-state index contributed by atoms with van der Waals surface area (Å²) in [5.41, 5.74) is 1.33. The molecular formula is C16H22FNO2. The predicted molar refractivity (Wildman–Crippen MR) is 77.3 cm³/mol. The Morgan fingerprint density at radius 2 is 2.15 bits per heavy atom. The molecule has 2 N–H and O–H groups in total. The fraction of sp³-hybridized carbons (Fsp3) is 0.562. The minimum Gasteiger partial charge on any atom is -0.480 e. The molecule has 4 heteroatoms. The van der Waals surface area contributed by atoms with Gasteiger partial charge < -0.3 is 10.4 Å². The van der Waals surface area contributed by atoms with Crippen LogP contribution < -0.4 is 5.32 Å². The first kappa shape index (κ1) is 14.8. The summed E-state index contributed by atoms with van der Waals surface area (Å²) < 4.78 is 13.4. The Balaban J connectivity index is 2.14. The van der Waals surface area contributed by atoms with E-state index in [2.05, 4.69) is 12.2 Å². The van der Waals surface area contributed by atoms with Gasteiger partial charge in [0.05, 0.1) is 0 Å². The summed E-state index contributed by atoms with van der Waals surface area (Å²) in [6.45, 7) is 3.96. The quantitative estimate of drug-likeness (QED) is 0.880. The summed E-state index contributed by atoms with van der Waals surface area (Å²) in [5.74, 6) is -0.522. The van der Waals surface area contributed by atoms with Crippen LogP contribution in [0.5, 0.6) is 0 Å². The molecule has 1 aromatic carbocycles. The van der Waals surface area contributed by atoms with Crippen molar-refractivity contribution < 1.29 is 14.3 Å². The van der Waals surface area contributed by atoms with Gasteiger partial charge in [-0.25, -0.2) is 9.18 Å². The molecule has 1 fully saturated rings. The van der Waals surface area contributed by atoms with Gasteiger partial charge in [0.25, 0.3) is 0 Å². The first-order valence-corrected chi connectivity index (χ1v) is 7.22. The van der Waals surface area contributed by atoms with Crippen LogP contribution in [0.2, 0.25) is 0 Å². The average molecular weight is 279 g/mol. The van der Waals surface area contributed by atoms with Crippen LogP contribution in [0.15, 0.2) is 18.2 Å². The molecule has 0 saturated heterocycles. The number of anilines is 1. The van der Waals surface area contributed by atoms with Crippen molar-refractivity contribution in [3.63, 3.8) is 0 Å². The summed E-state index contributed by atoms with van der Waals surface area (Å²) in [6.07, 6.45) is 4.07. The van der Waals surface area contributed by atoms with E-state index in [0.29, 0.717) is 11.6 Å². The van der Waals surface area contributed by atoms with Gasteiger partial charge in [-0.1, -0.05) is 19.8 Å². The molecule has 1 aromatic rings. The van der Waals surface area contributed by atoms with Crippen molar-refractivity contribution in [3.05, 3.63) is 29.6 Å². The van der Waals surface area contributed by atoms with Crippen molar-refractivity contribution in [3.8, 4) is 0 Å². The third-order valence-electron chi connectivity index (χ3n) is 4.08. The number of aryl methyl sites for hydroxylation is 1. The van der Waals surface area contributed by atoms with Crippen LogP contribution in [0.25, 0.3) is 0 Å². The Kier molecular flexibility index (Phi) is 4.63. The minimum atomic E-state index is -0.856. The lowest BCUT2D eigenvalue weighted by atomic mass is 9.78. The van der Waals surface area contributed by atoms with Crippen molar-refractivity contribution >= 4 is 11.7 Å². The van der Waals surface area contributed by atoms with E-state index in [0.717, 1.165) is 24.8 Å². The fourth-order valence-electron chi connectivity index (χ4n) is 3.16. The smallest absolute Gasteiger partial charge is 0.326 e. The summed E-state index contributed by atoms with van der Waals surface area (Å²) in [4.78, 5) is 11.5. The minimum absolute atomic E-state index is 0.111. The van der Waals surface area contributed by atoms with E-state index >= 15 is 0 Å². The largest absolute Gasteiger partial charge is 0.480 e. The first-order chi connectivity index (χ1) is 9.45. The molecular weight excluding hydrogens is 257 g/mol. The van der Waals surface area contributed by atoms with Gasteiger partial charge in [-0.05, 0) is 55.4 Å². The first-order valence-electron chi connectivity index (χ1n) is 7.22. The second-order valence-corrected chi connectivity index (χ2v) is 6.01. The molecule has 0 heterocycles. The van der Waals surface area contributed by atoms with Gasteiger partial charge in [0.15, 0.2) is 0 Å². The molecule has 1 saturated carbocycles. The maximum Gasteiger partial charge on any atom is 0.326 e. The van der Waals surface area contributed by atoms with E-state index in [1.54, 1.807) is 13.0 Å². The van der Waals surface area contributed by atoms with E-state index in [9.17, 15) is 14.3 Å². The lowest BCUT2D eigenvalue weighted by Crippen LogP contribution is -2.39. The molecule has 0 amide bonds. The van der Waals surface area contributed by atoms with Gasteiger partial charge in [-0.2, -0.15) is 0 Å². The summed E-state index contributed by atoms with van der Waals surface area (Å²) in [6, 6.07) is 3.93. The van der Waals surface area contributed by atoms with Gasteiger partial charge in [-0.3, -0.25) is 0 Å². The summed E-state index contributed by atoms with van der Waals surface area (Å²) in [5, 5.41) is 12.5. The molecule has 1 aliphatic rings. The Bertz CT molecular complexity index is 469. The van der Waals surface area contributed by atoms with Crippen LogP contribution in [-0.2, 0) is 4.79 Å². The van der Waals surface area contributed by atoms with E-state index in [1.165, 1.54) is 18.6 Å². The third-order valence-corrected chi connectivity index (χ3v) is 4.08. The molecule has 20 heavy (non-hydrogen) atoms. The number of rotatable bonds is 4. The van der Waals surface area contributed by atoms with Crippen LogP contribution in [0.1, 0.15) is 38.2 Å². The number of hydrogen-bond donors (Lipinski definition) is 2. The standard InChI is InChI=1S/C16H22FNO2/c1-10-4-3-5-12(6-10)15(16(19)20)18-14-8-11(2)7-13(17)9-14/h7-10,12,15,18H,3-6H2,1-2H3,(H,19,20). The Morgan fingerprint density at radius 3 is 2.75 bits per heavy atom. The Morgan fingerprint density at radius 1 is 1.40 bits per heavy atom. The van der Waals surface area contributed by atoms with Crippen molar-refractivity contribution in [1.29, 1.82) is 0 Å². The van der Waals surface area contributed by atoms with E-state index in [4.69, 9.17) is 0 Å². The summed E-state index contributed by atoms with van der Waals surface area (Å²) in [7, 11) is 0. The average Bonchev–Trinajstić information content (AvgIpc) is 2.34. The number of nitrogens with one attached hydrogen (secondary N) is 1.